The predicted molar refractivity (Wildman–Crippen MR) is 224 cm³/mol. The number of rotatable bonds is 10. The summed E-state index contributed by atoms with van der Waals surface area (Å²) in [6, 6.07) is 7.10. The minimum absolute atomic E-state index is 0.0202. The fraction of sp³-hybridized carbons (Fsp3) is 0.755. The van der Waals surface area contributed by atoms with Crippen LogP contribution in [-0.2, 0) is 23.9 Å². The number of amides is 1. The number of carbonyl (C=O) groups excluding carboxylic acids is 3. The fourth-order valence-corrected chi connectivity index (χ4v) is 15.5. The molecule has 6 aliphatic carbocycles. The summed E-state index contributed by atoms with van der Waals surface area (Å²) in [4.78, 5) is 53.1. The standard InChI is InChI=1S/C49H68N2O9/c1-27(2)38-34(52)24-48(36(53)25-50-40(54)28-9-11-29(12-10-28)59-30-16-22-58-26-30)20-18-44(5)31(39(38)48)13-14-35-45(44,6)19-21-49-46(35,7)17-15-37(47(49,8)51-49)60-42(57)33-23-32(41(55)56)43(33,3)4/h9-12,27,30-33,35-37,51,53H,13-26H2,1-8H3,(H,50,54)(H,55,56)/t30-,31-,32+,33-,35+,36+,37+,44-,45-,46-,47-,48+,49+/m1/s1. The molecular formula is C49H68N2O9. The van der Waals surface area contributed by atoms with Gasteiger partial charge in [0.05, 0.1) is 36.7 Å². The van der Waals surface area contributed by atoms with Gasteiger partial charge in [0.25, 0.3) is 5.91 Å². The Morgan fingerprint density at radius 2 is 1.62 bits per heavy atom. The third kappa shape index (κ3) is 5.61. The van der Waals surface area contributed by atoms with E-state index < -0.39 is 34.7 Å². The van der Waals surface area contributed by atoms with Gasteiger partial charge in [0.1, 0.15) is 18.0 Å². The summed E-state index contributed by atoms with van der Waals surface area (Å²) >= 11 is 0. The fourth-order valence-electron chi connectivity index (χ4n) is 15.5. The smallest absolute Gasteiger partial charge is 0.309 e. The van der Waals surface area contributed by atoms with E-state index in [9.17, 15) is 29.4 Å². The molecule has 13 atom stereocenters. The molecule has 0 radical (unpaired) electrons. The van der Waals surface area contributed by atoms with Crippen LogP contribution in [0, 0.1) is 56.7 Å². The lowest BCUT2D eigenvalue weighted by atomic mass is 9.33. The number of hydrogen-bond acceptors (Lipinski definition) is 9. The number of aliphatic hydroxyl groups excluding tert-OH is 1. The number of Topliss-reactive ketones (excluding diaryl/α,β-unsaturated/α-hetero) is 1. The summed E-state index contributed by atoms with van der Waals surface area (Å²) in [6.45, 7) is 19.1. The number of carboxylic acid groups (broad SMARTS) is 1. The lowest BCUT2D eigenvalue weighted by Crippen LogP contribution is -2.67. The first-order chi connectivity index (χ1) is 28.2. The molecule has 2 heterocycles. The number of esters is 1. The maximum Gasteiger partial charge on any atom is 0.309 e. The Bertz CT molecular complexity index is 2010. The highest BCUT2D eigenvalue weighted by atomic mass is 16.6. The van der Waals surface area contributed by atoms with Crippen molar-refractivity contribution in [2.24, 2.45) is 56.7 Å². The molecule has 8 aliphatic rings. The predicted octanol–water partition coefficient (Wildman–Crippen LogP) is 7.04. The highest BCUT2D eigenvalue weighted by Crippen LogP contribution is 2.79. The number of fused-ring (bicyclic) bond motifs is 6. The summed E-state index contributed by atoms with van der Waals surface area (Å²) in [7, 11) is 0. The van der Waals surface area contributed by atoms with E-state index in [-0.39, 0.29) is 82.0 Å². The Balaban J connectivity index is 0.928. The second-order valence-corrected chi connectivity index (χ2v) is 22.2. The van der Waals surface area contributed by atoms with Crippen molar-refractivity contribution >= 4 is 23.6 Å². The summed E-state index contributed by atoms with van der Waals surface area (Å²) < 4.78 is 17.8. The van der Waals surface area contributed by atoms with Gasteiger partial charge in [-0.25, -0.2) is 0 Å². The molecule has 0 aromatic heterocycles. The lowest BCUT2D eigenvalue weighted by Gasteiger charge is -2.71. The first kappa shape index (κ1) is 42.0. The molecule has 4 N–H and O–H groups in total. The largest absolute Gasteiger partial charge is 0.488 e. The average Bonchev–Trinajstić information content (AvgIpc) is 3.41. The van der Waals surface area contributed by atoms with Crippen LogP contribution in [0.3, 0.4) is 0 Å². The molecule has 2 aliphatic heterocycles. The molecule has 7 fully saturated rings. The molecule has 9 rings (SSSR count). The minimum Gasteiger partial charge on any atom is -0.488 e. The van der Waals surface area contributed by atoms with Crippen molar-refractivity contribution in [1.29, 1.82) is 0 Å². The number of ether oxygens (including phenoxy) is 3. The summed E-state index contributed by atoms with van der Waals surface area (Å²) in [5, 5.41) is 29.0. The van der Waals surface area contributed by atoms with Crippen LogP contribution in [0.1, 0.15) is 136 Å². The number of nitrogens with one attached hydrogen (secondary N) is 2. The van der Waals surface area contributed by atoms with Gasteiger partial charge in [-0.05, 0) is 134 Å². The van der Waals surface area contributed by atoms with E-state index in [4.69, 9.17) is 14.2 Å². The second-order valence-electron chi connectivity index (χ2n) is 22.2. The summed E-state index contributed by atoms with van der Waals surface area (Å²) in [6.07, 6.45) is 7.56. The highest BCUT2D eigenvalue weighted by Gasteiger charge is 2.83. The Labute approximate surface area is 355 Å². The zero-order valence-electron chi connectivity index (χ0n) is 37.1. The van der Waals surface area contributed by atoms with Crippen molar-refractivity contribution in [3.05, 3.63) is 41.0 Å². The monoisotopic (exact) mass is 828 g/mol. The number of aliphatic hydroxyl groups is 1. The Morgan fingerprint density at radius 3 is 2.27 bits per heavy atom. The molecule has 1 amide bonds. The molecule has 1 aromatic rings. The number of aliphatic carboxylic acids is 1. The van der Waals surface area contributed by atoms with E-state index in [1.165, 1.54) is 5.57 Å². The van der Waals surface area contributed by atoms with Crippen LogP contribution < -0.4 is 15.4 Å². The molecular weight excluding hydrogens is 761 g/mol. The van der Waals surface area contributed by atoms with Crippen molar-refractivity contribution in [1.82, 2.24) is 10.6 Å². The van der Waals surface area contributed by atoms with Crippen LogP contribution in [0.15, 0.2) is 35.4 Å². The third-order valence-corrected chi connectivity index (χ3v) is 19.3. The normalized spacial score (nSPS) is 44.0. The number of carbonyl (C=O) groups is 4. The van der Waals surface area contributed by atoms with E-state index in [0.29, 0.717) is 43.3 Å². The number of ketones is 1. The van der Waals surface area contributed by atoms with Crippen molar-refractivity contribution in [3.8, 4) is 5.75 Å². The van der Waals surface area contributed by atoms with Crippen LogP contribution in [0.4, 0.5) is 0 Å². The Hall–Kier alpha value is -3.28. The zero-order chi connectivity index (χ0) is 43.0. The molecule has 2 saturated heterocycles. The van der Waals surface area contributed by atoms with E-state index in [0.717, 1.165) is 56.9 Å². The van der Waals surface area contributed by atoms with Gasteiger partial charge in [0.15, 0.2) is 5.78 Å². The minimum atomic E-state index is -0.904. The molecule has 1 spiro atoms. The zero-order valence-corrected chi connectivity index (χ0v) is 37.1. The van der Waals surface area contributed by atoms with Gasteiger partial charge in [0, 0.05) is 35.9 Å². The van der Waals surface area contributed by atoms with E-state index in [1.54, 1.807) is 24.3 Å². The second kappa shape index (κ2) is 13.9. The summed E-state index contributed by atoms with van der Waals surface area (Å²) in [5.74, 6) is -0.881. The van der Waals surface area contributed by atoms with Gasteiger partial charge in [-0.2, -0.15) is 0 Å². The van der Waals surface area contributed by atoms with E-state index in [1.807, 2.05) is 13.8 Å². The Morgan fingerprint density at radius 1 is 0.900 bits per heavy atom. The van der Waals surface area contributed by atoms with Gasteiger partial charge in [-0.3, -0.25) is 24.5 Å². The maximum absolute atomic E-state index is 14.2. The molecule has 11 heteroatoms. The van der Waals surface area contributed by atoms with E-state index >= 15 is 0 Å². The van der Waals surface area contributed by atoms with Gasteiger partial charge in [0.2, 0.25) is 0 Å². The highest BCUT2D eigenvalue weighted by molar-refractivity contribution is 6.01. The first-order valence-electron chi connectivity index (χ1n) is 23.0. The molecule has 0 unspecified atom stereocenters. The molecule has 1 aromatic carbocycles. The van der Waals surface area contributed by atoms with Gasteiger partial charge >= 0.3 is 11.9 Å². The van der Waals surface area contributed by atoms with Crippen molar-refractivity contribution in [3.63, 3.8) is 0 Å². The van der Waals surface area contributed by atoms with Crippen LogP contribution in [-0.4, -0.2) is 83.0 Å². The quantitative estimate of drug-likeness (QED) is 0.142. The van der Waals surface area contributed by atoms with Crippen LogP contribution >= 0.6 is 0 Å². The summed E-state index contributed by atoms with van der Waals surface area (Å²) in [5.41, 5.74) is 0.547. The van der Waals surface area contributed by atoms with Crippen LogP contribution in [0.2, 0.25) is 0 Å². The first-order valence-corrected chi connectivity index (χ1v) is 23.0. The maximum atomic E-state index is 14.2. The van der Waals surface area contributed by atoms with Gasteiger partial charge in [-0.1, -0.05) is 54.0 Å². The van der Waals surface area contributed by atoms with E-state index in [2.05, 4.69) is 52.2 Å². The Kier molecular flexibility index (Phi) is 9.71. The van der Waals surface area contributed by atoms with Crippen molar-refractivity contribution < 1.29 is 43.6 Å². The third-order valence-electron chi connectivity index (χ3n) is 19.3. The lowest BCUT2D eigenvalue weighted by molar-refractivity contribution is -0.201. The average molecular weight is 829 g/mol. The number of carboxylic acids is 1. The van der Waals surface area contributed by atoms with Gasteiger partial charge < -0.3 is 29.7 Å². The van der Waals surface area contributed by atoms with Crippen LogP contribution in [0.25, 0.3) is 0 Å². The molecule has 11 nitrogen and oxygen atoms in total. The van der Waals surface area contributed by atoms with Crippen LogP contribution in [0.5, 0.6) is 5.75 Å². The van der Waals surface area contributed by atoms with Crippen molar-refractivity contribution in [2.75, 3.05) is 19.8 Å². The van der Waals surface area contributed by atoms with Gasteiger partial charge in [-0.15, -0.1) is 0 Å². The van der Waals surface area contributed by atoms with Crippen molar-refractivity contribution in [2.45, 2.75) is 155 Å². The molecule has 5 saturated carbocycles. The molecule has 60 heavy (non-hydrogen) atoms. The number of allylic oxidation sites excluding steroid dienone is 1. The number of hydrogen-bond donors (Lipinski definition) is 4. The molecule has 328 valence electrons. The SMILES string of the molecule is CC(C)C1=C2[C@H]3CC[C@@H]4[C@@]5(C)CC[C@H](OC(=O)[C@H]6C[C@@H](C(=O)O)C6(C)C)[C@@]6(C)N[C@@]56CC[C@@]4(C)[C@]3(C)CC[C@@]2([C@@H](O)CNC(=O)c2ccc(O[C@@H]3CCOC3)cc2)CC1=O. The molecule has 0 bridgehead atoms. The number of benzene rings is 1. The topological polar surface area (TPSA) is 170 Å².